The normalized spacial score (nSPS) is 11.1. The Hall–Kier alpha value is -1.11. The van der Waals surface area contributed by atoms with Gasteiger partial charge in [-0.05, 0) is 26.3 Å². The molecule has 1 heterocycles. The van der Waals surface area contributed by atoms with E-state index in [0.29, 0.717) is 13.2 Å². The van der Waals surface area contributed by atoms with Crippen LogP contribution in [0.15, 0.2) is 0 Å². The Morgan fingerprint density at radius 3 is 2.50 bits per heavy atom. The molecule has 6 nitrogen and oxygen atoms in total. The molecule has 2 N–H and O–H groups in total. The largest absolute Gasteiger partial charge is 0.385 e. The molecule has 1 aromatic rings. The van der Waals surface area contributed by atoms with Crippen LogP contribution in [0.25, 0.3) is 0 Å². The molecule has 1 aromatic heterocycles. The first-order valence-corrected chi connectivity index (χ1v) is 7.11. The molecule has 0 saturated carbocycles. The summed E-state index contributed by atoms with van der Waals surface area (Å²) in [6, 6.07) is 0. The molecule has 0 saturated heterocycles. The SMILES string of the molecule is COCCCN(CCOC)c1c(CCN)c(C)nn1C. The van der Waals surface area contributed by atoms with Crippen LogP contribution in [-0.2, 0) is 22.9 Å². The second-order valence-electron chi connectivity index (χ2n) is 4.88. The van der Waals surface area contributed by atoms with E-state index in [1.165, 1.54) is 5.56 Å². The van der Waals surface area contributed by atoms with Gasteiger partial charge in [-0.3, -0.25) is 4.68 Å². The van der Waals surface area contributed by atoms with Crippen LogP contribution in [0.5, 0.6) is 0 Å². The quantitative estimate of drug-likeness (QED) is 0.641. The van der Waals surface area contributed by atoms with Gasteiger partial charge in [0.25, 0.3) is 0 Å². The Kier molecular flexibility index (Phi) is 7.58. The van der Waals surface area contributed by atoms with Crippen molar-refractivity contribution in [1.82, 2.24) is 9.78 Å². The molecule has 0 radical (unpaired) electrons. The van der Waals surface area contributed by atoms with Gasteiger partial charge in [0.15, 0.2) is 0 Å². The van der Waals surface area contributed by atoms with Crippen molar-refractivity contribution >= 4 is 5.82 Å². The Morgan fingerprint density at radius 1 is 1.20 bits per heavy atom. The van der Waals surface area contributed by atoms with Crippen LogP contribution in [0.1, 0.15) is 17.7 Å². The highest BCUT2D eigenvalue weighted by Gasteiger charge is 2.18. The van der Waals surface area contributed by atoms with Crippen LogP contribution >= 0.6 is 0 Å². The summed E-state index contributed by atoms with van der Waals surface area (Å²) < 4.78 is 12.3. The monoisotopic (exact) mass is 284 g/mol. The minimum Gasteiger partial charge on any atom is -0.385 e. The van der Waals surface area contributed by atoms with Crippen LogP contribution in [0.4, 0.5) is 5.82 Å². The summed E-state index contributed by atoms with van der Waals surface area (Å²) in [6.45, 7) is 5.89. The number of aromatic nitrogens is 2. The lowest BCUT2D eigenvalue weighted by Gasteiger charge is -2.25. The summed E-state index contributed by atoms with van der Waals surface area (Å²) in [5.74, 6) is 1.15. The molecule has 0 atom stereocenters. The van der Waals surface area contributed by atoms with E-state index in [1.807, 2.05) is 18.7 Å². The molecule has 0 aliphatic heterocycles. The highest BCUT2D eigenvalue weighted by molar-refractivity contribution is 5.50. The second-order valence-corrected chi connectivity index (χ2v) is 4.88. The minimum atomic E-state index is 0.635. The lowest BCUT2D eigenvalue weighted by atomic mass is 10.1. The highest BCUT2D eigenvalue weighted by Crippen LogP contribution is 2.23. The van der Waals surface area contributed by atoms with E-state index in [0.717, 1.165) is 44.0 Å². The number of hydrogen-bond donors (Lipinski definition) is 1. The zero-order chi connectivity index (χ0) is 15.0. The Morgan fingerprint density at radius 2 is 1.90 bits per heavy atom. The maximum atomic E-state index is 5.73. The second kappa shape index (κ2) is 8.94. The molecule has 0 bridgehead atoms. The minimum absolute atomic E-state index is 0.635. The third-order valence-corrected chi connectivity index (χ3v) is 3.35. The van der Waals surface area contributed by atoms with Crippen molar-refractivity contribution in [1.29, 1.82) is 0 Å². The van der Waals surface area contributed by atoms with Crippen molar-refractivity contribution in [3.05, 3.63) is 11.3 Å². The molecular weight excluding hydrogens is 256 g/mol. The standard InChI is InChI=1S/C14H28N4O2/c1-12-13(6-7-15)14(17(2)16-12)18(9-11-20-4)8-5-10-19-3/h5-11,15H2,1-4H3. The van der Waals surface area contributed by atoms with E-state index < -0.39 is 0 Å². The van der Waals surface area contributed by atoms with Gasteiger partial charge < -0.3 is 20.1 Å². The number of nitrogens with zero attached hydrogens (tertiary/aromatic N) is 3. The van der Waals surface area contributed by atoms with Gasteiger partial charge in [-0.15, -0.1) is 0 Å². The average Bonchev–Trinajstić information content (AvgIpc) is 2.69. The first-order chi connectivity index (χ1) is 9.65. The van der Waals surface area contributed by atoms with Gasteiger partial charge >= 0.3 is 0 Å². The zero-order valence-corrected chi connectivity index (χ0v) is 13.2. The first kappa shape index (κ1) is 16.9. The fourth-order valence-electron chi connectivity index (χ4n) is 2.45. The molecular formula is C14H28N4O2. The van der Waals surface area contributed by atoms with E-state index >= 15 is 0 Å². The van der Waals surface area contributed by atoms with Crippen LogP contribution in [0, 0.1) is 6.92 Å². The van der Waals surface area contributed by atoms with Crippen molar-refractivity contribution in [2.75, 3.05) is 52.0 Å². The number of nitrogens with two attached hydrogens (primary N) is 1. The van der Waals surface area contributed by atoms with Crippen LogP contribution < -0.4 is 10.6 Å². The Balaban J connectivity index is 2.92. The third-order valence-electron chi connectivity index (χ3n) is 3.35. The lowest BCUT2D eigenvalue weighted by Crippen LogP contribution is -2.31. The summed E-state index contributed by atoms with van der Waals surface area (Å²) >= 11 is 0. The number of hydrogen-bond acceptors (Lipinski definition) is 5. The smallest absolute Gasteiger partial charge is 0.130 e. The van der Waals surface area contributed by atoms with Crippen molar-refractivity contribution in [2.45, 2.75) is 19.8 Å². The van der Waals surface area contributed by atoms with E-state index in [2.05, 4.69) is 10.00 Å². The zero-order valence-electron chi connectivity index (χ0n) is 13.2. The van der Waals surface area contributed by atoms with Gasteiger partial charge in [0.2, 0.25) is 0 Å². The summed E-state index contributed by atoms with van der Waals surface area (Å²) in [7, 11) is 5.44. The molecule has 0 aliphatic carbocycles. The Labute approximate surface area is 121 Å². The van der Waals surface area contributed by atoms with Crippen molar-refractivity contribution in [3.63, 3.8) is 0 Å². The van der Waals surface area contributed by atoms with Crippen LogP contribution in [0.3, 0.4) is 0 Å². The fourth-order valence-corrected chi connectivity index (χ4v) is 2.45. The van der Waals surface area contributed by atoms with Gasteiger partial charge in [0.1, 0.15) is 5.82 Å². The number of methoxy groups -OCH3 is 2. The highest BCUT2D eigenvalue weighted by atomic mass is 16.5. The number of rotatable bonds is 10. The van der Waals surface area contributed by atoms with Crippen LogP contribution in [-0.4, -0.2) is 56.8 Å². The van der Waals surface area contributed by atoms with Gasteiger partial charge in [-0.1, -0.05) is 0 Å². The molecule has 0 fully saturated rings. The number of ether oxygens (including phenoxy) is 2. The lowest BCUT2D eigenvalue weighted by molar-refractivity contribution is 0.190. The molecule has 0 amide bonds. The summed E-state index contributed by atoms with van der Waals surface area (Å²) in [4.78, 5) is 2.31. The van der Waals surface area contributed by atoms with Gasteiger partial charge in [-0.25, -0.2) is 0 Å². The fraction of sp³-hybridized carbons (Fsp3) is 0.786. The first-order valence-electron chi connectivity index (χ1n) is 7.11. The van der Waals surface area contributed by atoms with Crippen molar-refractivity contribution in [2.24, 2.45) is 12.8 Å². The molecule has 1 rings (SSSR count). The van der Waals surface area contributed by atoms with E-state index in [4.69, 9.17) is 15.2 Å². The predicted molar refractivity (Wildman–Crippen MR) is 81.3 cm³/mol. The van der Waals surface area contributed by atoms with Crippen molar-refractivity contribution < 1.29 is 9.47 Å². The van der Waals surface area contributed by atoms with E-state index in [-0.39, 0.29) is 0 Å². The van der Waals surface area contributed by atoms with Gasteiger partial charge in [0.05, 0.1) is 12.3 Å². The van der Waals surface area contributed by atoms with E-state index in [1.54, 1.807) is 14.2 Å². The molecule has 116 valence electrons. The van der Waals surface area contributed by atoms with Crippen LogP contribution in [0.2, 0.25) is 0 Å². The average molecular weight is 284 g/mol. The third kappa shape index (κ3) is 4.47. The summed E-state index contributed by atoms with van der Waals surface area (Å²) in [5.41, 5.74) is 8.03. The summed E-state index contributed by atoms with van der Waals surface area (Å²) in [5, 5.41) is 4.53. The predicted octanol–water partition coefficient (Wildman–Crippen LogP) is 0.719. The summed E-state index contributed by atoms with van der Waals surface area (Å²) in [6.07, 6.45) is 1.83. The van der Waals surface area contributed by atoms with Gasteiger partial charge in [-0.2, -0.15) is 5.10 Å². The molecule has 0 aromatic carbocycles. The van der Waals surface area contributed by atoms with Crippen molar-refractivity contribution in [3.8, 4) is 0 Å². The van der Waals surface area contributed by atoms with Gasteiger partial charge in [0, 0.05) is 46.5 Å². The molecule has 0 aliphatic rings. The maximum absolute atomic E-state index is 5.73. The molecule has 0 unspecified atom stereocenters. The molecule has 0 spiro atoms. The molecule has 20 heavy (non-hydrogen) atoms. The number of anilines is 1. The molecule has 6 heteroatoms. The topological polar surface area (TPSA) is 65.5 Å². The van der Waals surface area contributed by atoms with E-state index in [9.17, 15) is 0 Å². The Bertz CT molecular complexity index is 393. The number of aryl methyl sites for hydroxylation is 2. The maximum Gasteiger partial charge on any atom is 0.130 e.